The highest BCUT2D eigenvalue weighted by atomic mass is 32.2. The van der Waals surface area contributed by atoms with Crippen LogP contribution in [-0.4, -0.2) is 32.1 Å². The molecule has 12 heteroatoms. The fourth-order valence-electron chi connectivity index (χ4n) is 2.66. The normalized spacial score (nSPS) is 11.5. The Balaban J connectivity index is 1.73. The zero-order valence-corrected chi connectivity index (χ0v) is 16.5. The summed E-state index contributed by atoms with van der Waals surface area (Å²) in [6.07, 6.45) is -3.36. The molecule has 1 aromatic carbocycles. The van der Waals surface area contributed by atoms with Crippen LogP contribution in [0.2, 0.25) is 0 Å². The van der Waals surface area contributed by atoms with Crippen molar-refractivity contribution >= 4 is 34.4 Å². The van der Waals surface area contributed by atoms with Crippen LogP contribution in [-0.2, 0) is 18.9 Å². The number of hydrogen-bond donors (Lipinski definition) is 1. The van der Waals surface area contributed by atoms with Crippen molar-refractivity contribution in [2.45, 2.75) is 11.3 Å². The van der Waals surface area contributed by atoms with E-state index in [1.165, 1.54) is 37.0 Å². The van der Waals surface area contributed by atoms with Gasteiger partial charge in [0.1, 0.15) is 11.4 Å². The van der Waals surface area contributed by atoms with Gasteiger partial charge in [-0.3, -0.25) is 18.7 Å². The van der Waals surface area contributed by atoms with Crippen molar-refractivity contribution in [3.63, 3.8) is 0 Å². The number of thioether (sulfide) groups is 1. The molecule has 1 N–H and O–H groups in total. The Morgan fingerprint density at radius 2 is 1.80 bits per heavy atom. The van der Waals surface area contributed by atoms with E-state index in [1.807, 2.05) is 0 Å². The molecule has 0 radical (unpaired) electrons. The van der Waals surface area contributed by atoms with Gasteiger partial charge in [0.05, 0.1) is 11.1 Å². The summed E-state index contributed by atoms with van der Waals surface area (Å²) in [4.78, 5) is 41.3. The number of pyridine rings is 1. The molecule has 0 saturated carbocycles. The van der Waals surface area contributed by atoms with Crippen LogP contribution in [0.15, 0.2) is 51.0 Å². The molecule has 0 saturated heterocycles. The summed E-state index contributed by atoms with van der Waals surface area (Å²) in [7, 11) is 2.84. The minimum absolute atomic E-state index is 0.0775. The van der Waals surface area contributed by atoms with Crippen LogP contribution in [0.25, 0.3) is 11.0 Å². The molecule has 0 aliphatic rings. The van der Waals surface area contributed by atoms with Crippen LogP contribution >= 0.6 is 11.8 Å². The molecule has 3 rings (SSSR count). The summed E-state index contributed by atoms with van der Waals surface area (Å²) in [6.45, 7) is 0. The van der Waals surface area contributed by atoms with Gasteiger partial charge in [0, 0.05) is 30.9 Å². The number of nitrogens with zero attached hydrogens (tertiary/aromatic N) is 3. The molecule has 2 heterocycles. The Morgan fingerprint density at radius 3 is 2.43 bits per heavy atom. The zero-order chi connectivity index (χ0) is 22.1. The molecular weight excluding hydrogens is 425 g/mol. The second kappa shape index (κ2) is 8.22. The number of benzene rings is 1. The maximum atomic E-state index is 12.5. The number of carbonyl (C=O) groups is 1. The summed E-state index contributed by atoms with van der Waals surface area (Å²) in [5.41, 5.74) is -0.552. The lowest BCUT2D eigenvalue weighted by Crippen LogP contribution is -2.37. The van der Waals surface area contributed by atoms with E-state index in [1.54, 1.807) is 6.07 Å². The summed E-state index contributed by atoms with van der Waals surface area (Å²) in [5, 5.41) is 2.76. The molecule has 0 unspecified atom stereocenters. The molecule has 0 fully saturated rings. The third-order valence-electron chi connectivity index (χ3n) is 4.03. The fraction of sp³-hybridized carbons (Fsp3) is 0.222. The smallest absolute Gasteiger partial charge is 0.406 e. The Bertz CT molecular complexity index is 1220. The standard InChI is InChI=1S/C18H15F3N4O4S/c1-24-15-14(16(27)25(2)17(24)28)12(7-8-22-15)30-9-13(26)23-10-3-5-11(6-4-10)29-18(19,20)21/h3-8H,9H2,1-2H3,(H,23,26). The van der Waals surface area contributed by atoms with Crippen molar-refractivity contribution in [1.29, 1.82) is 0 Å². The van der Waals surface area contributed by atoms with E-state index >= 15 is 0 Å². The number of nitrogens with one attached hydrogen (secondary N) is 1. The number of fused-ring (bicyclic) bond motifs is 1. The maximum absolute atomic E-state index is 12.5. The maximum Gasteiger partial charge on any atom is 0.573 e. The van der Waals surface area contributed by atoms with Crippen LogP contribution in [0, 0.1) is 0 Å². The number of amides is 1. The first-order valence-corrected chi connectivity index (χ1v) is 9.38. The number of carbonyl (C=O) groups excluding carboxylic acids is 1. The van der Waals surface area contributed by atoms with Crippen LogP contribution in [0.1, 0.15) is 0 Å². The van der Waals surface area contributed by atoms with Crippen LogP contribution in [0.3, 0.4) is 0 Å². The van der Waals surface area contributed by atoms with Crippen molar-refractivity contribution in [3.8, 4) is 5.75 Å². The summed E-state index contributed by atoms with van der Waals surface area (Å²) >= 11 is 1.07. The predicted molar refractivity (Wildman–Crippen MR) is 105 cm³/mol. The van der Waals surface area contributed by atoms with E-state index in [2.05, 4.69) is 15.0 Å². The van der Waals surface area contributed by atoms with Gasteiger partial charge in [0.15, 0.2) is 0 Å². The molecule has 0 bridgehead atoms. The molecule has 2 aromatic heterocycles. The molecule has 0 aliphatic heterocycles. The number of aromatic nitrogens is 3. The van der Waals surface area contributed by atoms with Crippen molar-refractivity contribution in [3.05, 3.63) is 57.4 Å². The molecule has 30 heavy (non-hydrogen) atoms. The van der Waals surface area contributed by atoms with Gasteiger partial charge in [-0.25, -0.2) is 9.78 Å². The Morgan fingerprint density at radius 1 is 1.13 bits per heavy atom. The Kier molecular flexibility index (Phi) is 5.87. The molecule has 0 spiro atoms. The predicted octanol–water partition coefficient (Wildman–Crippen LogP) is 2.26. The number of rotatable bonds is 5. The van der Waals surface area contributed by atoms with Crippen molar-refractivity contribution < 1.29 is 22.7 Å². The van der Waals surface area contributed by atoms with E-state index in [9.17, 15) is 27.6 Å². The lowest BCUT2D eigenvalue weighted by atomic mass is 10.3. The second-order valence-electron chi connectivity index (χ2n) is 6.12. The first-order chi connectivity index (χ1) is 14.1. The first-order valence-electron chi connectivity index (χ1n) is 8.40. The van der Waals surface area contributed by atoms with Gasteiger partial charge in [-0.1, -0.05) is 0 Å². The largest absolute Gasteiger partial charge is 0.573 e. The molecule has 8 nitrogen and oxygen atoms in total. The van der Waals surface area contributed by atoms with Crippen molar-refractivity contribution in [1.82, 2.24) is 14.1 Å². The lowest BCUT2D eigenvalue weighted by molar-refractivity contribution is -0.274. The average Bonchev–Trinajstić information content (AvgIpc) is 2.69. The van der Waals surface area contributed by atoms with Crippen LogP contribution < -0.4 is 21.3 Å². The topological polar surface area (TPSA) is 95.2 Å². The number of hydrogen-bond acceptors (Lipinski definition) is 6. The number of anilines is 1. The molecule has 3 aromatic rings. The number of halogens is 3. The monoisotopic (exact) mass is 440 g/mol. The molecule has 0 aliphatic carbocycles. The fourth-order valence-corrected chi connectivity index (χ4v) is 3.50. The zero-order valence-electron chi connectivity index (χ0n) is 15.7. The van der Waals surface area contributed by atoms with Gasteiger partial charge >= 0.3 is 12.1 Å². The van der Waals surface area contributed by atoms with Gasteiger partial charge in [-0.15, -0.1) is 24.9 Å². The Labute approximate surface area is 171 Å². The van der Waals surface area contributed by atoms with Crippen molar-refractivity contribution in [2.75, 3.05) is 11.1 Å². The second-order valence-corrected chi connectivity index (χ2v) is 7.14. The highest BCUT2D eigenvalue weighted by Crippen LogP contribution is 2.25. The van der Waals surface area contributed by atoms with E-state index in [0.29, 0.717) is 4.90 Å². The van der Waals surface area contributed by atoms with Gasteiger partial charge < -0.3 is 10.1 Å². The lowest BCUT2D eigenvalue weighted by Gasteiger charge is -2.11. The first kappa shape index (κ1) is 21.4. The highest BCUT2D eigenvalue weighted by Gasteiger charge is 2.31. The number of ether oxygens (including phenoxy) is 1. The highest BCUT2D eigenvalue weighted by molar-refractivity contribution is 8.00. The molecule has 1 amide bonds. The van der Waals surface area contributed by atoms with E-state index in [-0.39, 0.29) is 22.5 Å². The number of aryl methyl sites for hydroxylation is 1. The van der Waals surface area contributed by atoms with Crippen molar-refractivity contribution in [2.24, 2.45) is 14.1 Å². The minimum Gasteiger partial charge on any atom is -0.406 e. The summed E-state index contributed by atoms with van der Waals surface area (Å²) < 4.78 is 42.5. The van der Waals surface area contributed by atoms with E-state index in [4.69, 9.17) is 0 Å². The molecular formula is C18H15F3N4O4S. The molecule has 0 atom stereocenters. The van der Waals surface area contributed by atoms with Crippen LogP contribution in [0.5, 0.6) is 5.75 Å². The van der Waals surface area contributed by atoms with Gasteiger partial charge in [-0.2, -0.15) is 0 Å². The average molecular weight is 440 g/mol. The van der Waals surface area contributed by atoms with Gasteiger partial charge in [0.25, 0.3) is 5.56 Å². The minimum atomic E-state index is -4.80. The molecule has 158 valence electrons. The van der Waals surface area contributed by atoms with Crippen LogP contribution in [0.4, 0.5) is 18.9 Å². The Hall–Kier alpha value is -3.28. The summed E-state index contributed by atoms with van der Waals surface area (Å²) in [5.74, 6) is -0.915. The van der Waals surface area contributed by atoms with Gasteiger partial charge in [-0.05, 0) is 30.3 Å². The third kappa shape index (κ3) is 4.64. The SMILES string of the molecule is Cn1c(=O)c2c(SCC(=O)Nc3ccc(OC(F)(F)F)cc3)ccnc2n(C)c1=O. The van der Waals surface area contributed by atoms with E-state index < -0.39 is 29.3 Å². The summed E-state index contributed by atoms with van der Waals surface area (Å²) in [6, 6.07) is 6.27. The third-order valence-corrected chi connectivity index (χ3v) is 5.09. The van der Waals surface area contributed by atoms with Gasteiger partial charge in [0.2, 0.25) is 5.91 Å². The number of alkyl halides is 3. The van der Waals surface area contributed by atoms with E-state index in [0.717, 1.165) is 28.5 Å². The quantitative estimate of drug-likeness (QED) is 0.612.